The zero-order valence-electron chi connectivity index (χ0n) is 13.9. The van der Waals surface area contributed by atoms with Gasteiger partial charge < -0.3 is 19.2 Å². The Morgan fingerprint density at radius 3 is 2.92 bits per heavy atom. The SMILES string of the molecule is COC(=O)COc1ccc2c(c1)O/C(=C/c1c[nH]c3ccccc13)C2=O. The van der Waals surface area contributed by atoms with Gasteiger partial charge in [0.05, 0.1) is 12.7 Å². The molecule has 0 saturated carbocycles. The number of hydrogen-bond acceptors (Lipinski definition) is 5. The average Bonchev–Trinajstić information content (AvgIpc) is 3.21. The highest BCUT2D eigenvalue weighted by Gasteiger charge is 2.28. The van der Waals surface area contributed by atoms with Gasteiger partial charge in [0.15, 0.2) is 12.4 Å². The predicted octanol–water partition coefficient (Wildman–Crippen LogP) is 3.34. The second-order valence-corrected chi connectivity index (χ2v) is 5.75. The molecule has 130 valence electrons. The van der Waals surface area contributed by atoms with Gasteiger partial charge in [-0.25, -0.2) is 4.79 Å². The van der Waals surface area contributed by atoms with Crippen molar-refractivity contribution < 1.29 is 23.8 Å². The number of carbonyl (C=O) groups excluding carboxylic acids is 2. The standard InChI is InChI=1S/C20H15NO5/c1-24-19(22)11-25-13-6-7-15-17(9-13)26-18(20(15)23)8-12-10-21-16-5-3-2-4-14(12)16/h2-10,21H,11H2,1H3/b18-8+. The molecule has 0 fully saturated rings. The second-order valence-electron chi connectivity index (χ2n) is 5.75. The number of Topliss-reactive ketones (excluding diaryl/α,β-unsaturated/α-hetero) is 1. The topological polar surface area (TPSA) is 77.6 Å². The summed E-state index contributed by atoms with van der Waals surface area (Å²) in [4.78, 5) is 26.9. The van der Waals surface area contributed by atoms with E-state index >= 15 is 0 Å². The highest BCUT2D eigenvalue weighted by molar-refractivity contribution is 6.15. The quantitative estimate of drug-likeness (QED) is 0.577. The monoisotopic (exact) mass is 349 g/mol. The van der Waals surface area contributed by atoms with Crippen LogP contribution < -0.4 is 9.47 Å². The van der Waals surface area contributed by atoms with Crippen molar-refractivity contribution >= 4 is 28.7 Å². The van der Waals surface area contributed by atoms with Crippen LogP contribution in [-0.4, -0.2) is 30.5 Å². The number of ketones is 1. The van der Waals surface area contributed by atoms with E-state index in [1.54, 1.807) is 24.3 Å². The van der Waals surface area contributed by atoms with Crippen LogP contribution in [0.25, 0.3) is 17.0 Å². The number of aromatic nitrogens is 1. The summed E-state index contributed by atoms with van der Waals surface area (Å²) in [5.74, 6) is 0.404. The van der Waals surface area contributed by atoms with Crippen molar-refractivity contribution in [1.29, 1.82) is 0 Å². The molecule has 0 spiro atoms. The number of allylic oxidation sites excluding steroid dienone is 1. The maximum atomic E-state index is 12.6. The zero-order chi connectivity index (χ0) is 18.1. The Hall–Kier alpha value is -3.54. The molecule has 0 saturated heterocycles. The summed E-state index contributed by atoms with van der Waals surface area (Å²) in [7, 11) is 1.29. The molecule has 6 heteroatoms. The van der Waals surface area contributed by atoms with Crippen molar-refractivity contribution in [3.05, 3.63) is 65.5 Å². The Bertz CT molecular complexity index is 1050. The molecule has 3 aromatic rings. The summed E-state index contributed by atoms with van der Waals surface area (Å²) in [6, 6.07) is 12.7. The molecule has 1 aliphatic heterocycles. The van der Waals surface area contributed by atoms with Gasteiger partial charge in [-0.1, -0.05) is 18.2 Å². The van der Waals surface area contributed by atoms with Gasteiger partial charge in [-0.3, -0.25) is 4.79 Å². The minimum Gasteiger partial charge on any atom is -0.482 e. The van der Waals surface area contributed by atoms with Crippen LogP contribution >= 0.6 is 0 Å². The zero-order valence-corrected chi connectivity index (χ0v) is 13.9. The summed E-state index contributed by atoms with van der Waals surface area (Å²) >= 11 is 0. The van der Waals surface area contributed by atoms with E-state index in [0.717, 1.165) is 16.5 Å². The molecule has 6 nitrogen and oxygen atoms in total. The summed E-state index contributed by atoms with van der Waals surface area (Å²) < 4.78 is 15.6. The molecule has 2 aromatic carbocycles. The number of nitrogens with one attached hydrogen (secondary N) is 1. The lowest BCUT2D eigenvalue weighted by Gasteiger charge is -2.05. The molecule has 0 atom stereocenters. The van der Waals surface area contributed by atoms with Crippen LogP contribution in [0.3, 0.4) is 0 Å². The fourth-order valence-corrected chi connectivity index (χ4v) is 2.81. The third kappa shape index (κ3) is 2.82. The van der Waals surface area contributed by atoms with Gasteiger partial charge in [0.1, 0.15) is 11.5 Å². The Balaban J connectivity index is 1.60. The molecular weight excluding hydrogens is 334 g/mol. The van der Waals surface area contributed by atoms with Crippen molar-refractivity contribution in [1.82, 2.24) is 4.98 Å². The van der Waals surface area contributed by atoms with Crippen molar-refractivity contribution in [2.75, 3.05) is 13.7 Å². The van der Waals surface area contributed by atoms with E-state index in [9.17, 15) is 9.59 Å². The number of rotatable bonds is 4. The third-order valence-corrected chi connectivity index (χ3v) is 4.13. The summed E-state index contributed by atoms with van der Waals surface area (Å²) in [5.41, 5.74) is 2.32. The van der Waals surface area contributed by atoms with Crippen LogP contribution in [0.4, 0.5) is 0 Å². The highest BCUT2D eigenvalue weighted by atomic mass is 16.6. The summed E-state index contributed by atoms with van der Waals surface area (Å²) in [6.07, 6.45) is 3.55. The lowest BCUT2D eigenvalue weighted by Crippen LogP contribution is -2.12. The number of para-hydroxylation sites is 1. The first-order valence-corrected chi connectivity index (χ1v) is 8.00. The minimum absolute atomic E-state index is 0.190. The van der Waals surface area contributed by atoms with Crippen molar-refractivity contribution in [3.8, 4) is 11.5 Å². The Labute approximate surface area is 149 Å². The van der Waals surface area contributed by atoms with E-state index in [4.69, 9.17) is 9.47 Å². The van der Waals surface area contributed by atoms with Crippen LogP contribution in [-0.2, 0) is 9.53 Å². The summed E-state index contributed by atoms with van der Waals surface area (Å²) in [5, 5.41) is 1.01. The van der Waals surface area contributed by atoms with Gasteiger partial charge in [0, 0.05) is 28.7 Å². The van der Waals surface area contributed by atoms with Gasteiger partial charge in [0.25, 0.3) is 0 Å². The lowest BCUT2D eigenvalue weighted by molar-refractivity contribution is -0.142. The smallest absolute Gasteiger partial charge is 0.343 e. The van der Waals surface area contributed by atoms with E-state index in [1.165, 1.54) is 7.11 Å². The van der Waals surface area contributed by atoms with Crippen molar-refractivity contribution in [2.24, 2.45) is 0 Å². The Morgan fingerprint density at radius 2 is 2.08 bits per heavy atom. The van der Waals surface area contributed by atoms with Crippen LogP contribution in [0.1, 0.15) is 15.9 Å². The molecular formula is C20H15NO5. The number of esters is 1. The molecule has 1 aliphatic rings. The maximum absolute atomic E-state index is 12.6. The van der Waals surface area contributed by atoms with E-state index in [0.29, 0.717) is 17.1 Å². The number of fused-ring (bicyclic) bond motifs is 2. The fourth-order valence-electron chi connectivity index (χ4n) is 2.81. The molecule has 4 rings (SSSR count). The number of aromatic amines is 1. The first kappa shape index (κ1) is 16.0. The van der Waals surface area contributed by atoms with Gasteiger partial charge in [-0.15, -0.1) is 0 Å². The largest absolute Gasteiger partial charge is 0.482 e. The van der Waals surface area contributed by atoms with Crippen LogP contribution in [0, 0.1) is 0 Å². The average molecular weight is 349 g/mol. The van der Waals surface area contributed by atoms with E-state index < -0.39 is 5.97 Å². The molecule has 0 bridgehead atoms. The van der Waals surface area contributed by atoms with Gasteiger partial charge in [-0.2, -0.15) is 0 Å². The molecule has 1 N–H and O–H groups in total. The second kappa shape index (κ2) is 6.40. The number of H-pyrrole nitrogens is 1. The molecule has 2 heterocycles. The van der Waals surface area contributed by atoms with Crippen LogP contribution in [0.5, 0.6) is 11.5 Å². The maximum Gasteiger partial charge on any atom is 0.343 e. The van der Waals surface area contributed by atoms with Gasteiger partial charge in [-0.05, 0) is 24.3 Å². The molecule has 0 aliphatic carbocycles. The lowest BCUT2D eigenvalue weighted by atomic mass is 10.1. The molecule has 0 unspecified atom stereocenters. The Morgan fingerprint density at radius 1 is 1.23 bits per heavy atom. The molecule has 0 amide bonds. The molecule has 0 radical (unpaired) electrons. The van der Waals surface area contributed by atoms with E-state index in [-0.39, 0.29) is 18.1 Å². The highest BCUT2D eigenvalue weighted by Crippen LogP contribution is 2.35. The molecule has 26 heavy (non-hydrogen) atoms. The normalized spacial score (nSPS) is 14.3. The Kier molecular flexibility index (Phi) is 3.93. The third-order valence-electron chi connectivity index (χ3n) is 4.13. The number of carbonyl (C=O) groups is 2. The number of benzene rings is 2. The van der Waals surface area contributed by atoms with Crippen molar-refractivity contribution in [3.63, 3.8) is 0 Å². The van der Waals surface area contributed by atoms with E-state index in [2.05, 4.69) is 9.72 Å². The first-order valence-electron chi connectivity index (χ1n) is 8.00. The number of ether oxygens (including phenoxy) is 3. The minimum atomic E-state index is -0.484. The van der Waals surface area contributed by atoms with Crippen LogP contribution in [0.15, 0.2) is 54.4 Å². The predicted molar refractivity (Wildman–Crippen MR) is 95.2 cm³/mol. The van der Waals surface area contributed by atoms with Crippen molar-refractivity contribution in [2.45, 2.75) is 0 Å². The molecule has 1 aromatic heterocycles. The first-order chi connectivity index (χ1) is 12.7. The van der Waals surface area contributed by atoms with Gasteiger partial charge in [0.2, 0.25) is 5.78 Å². The van der Waals surface area contributed by atoms with E-state index in [1.807, 2.05) is 30.5 Å². The fraction of sp³-hybridized carbons (Fsp3) is 0.100. The van der Waals surface area contributed by atoms with Crippen LogP contribution in [0.2, 0.25) is 0 Å². The number of hydrogen-bond donors (Lipinski definition) is 1. The number of methoxy groups -OCH3 is 1. The van der Waals surface area contributed by atoms with Gasteiger partial charge >= 0.3 is 5.97 Å². The summed E-state index contributed by atoms with van der Waals surface area (Å²) in [6.45, 7) is -0.207.